The molecule has 1 aromatic carbocycles. The minimum absolute atomic E-state index is 0.0178. The molecule has 0 spiro atoms. The third-order valence-electron chi connectivity index (χ3n) is 4.45. The predicted octanol–water partition coefficient (Wildman–Crippen LogP) is 1.32. The van der Waals surface area contributed by atoms with Crippen molar-refractivity contribution in [3.63, 3.8) is 0 Å². The lowest BCUT2D eigenvalue weighted by atomic mass is 10.0. The molecule has 132 valence electrons. The topological polar surface area (TPSA) is 87.5 Å². The Kier molecular flexibility index (Phi) is 6.61. The average Bonchev–Trinajstić information content (AvgIpc) is 3.07. The van der Waals surface area contributed by atoms with Gasteiger partial charge in [-0.05, 0) is 30.4 Å². The van der Waals surface area contributed by atoms with Crippen LogP contribution in [0.3, 0.4) is 0 Å². The zero-order valence-electron chi connectivity index (χ0n) is 14.5. The number of hydrogen-bond acceptors (Lipinski definition) is 3. The van der Waals surface area contributed by atoms with Crippen LogP contribution in [-0.4, -0.2) is 42.5 Å². The Morgan fingerprint density at radius 1 is 1.29 bits per heavy atom. The molecular weight excluding hydrogens is 304 g/mol. The van der Waals surface area contributed by atoms with Gasteiger partial charge in [-0.25, -0.2) is 4.79 Å². The number of nitrogens with zero attached hydrogens (tertiary/aromatic N) is 1. The molecule has 0 radical (unpaired) electrons. The van der Waals surface area contributed by atoms with E-state index in [4.69, 9.17) is 5.73 Å². The van der Waals surface area contributed by atoms with Gasteiger partial charge in [0.1, 0.15) is 6.04 Å². The van der Waals surface area contributed by atoms with Gasteiger partial charge in [0.25, 0.3) is 0 Å². The first-order valence-electron chi connectivity index (χ1n) is 8.58. The van der Waals surface area contributed by atoms with Gasteiger partial charge in [-0.2, -0.15) is 0 Å². The Morgan fingerprint density at radius 3 is 2.58 bits per heavy atom. The molecule has 3 amide bonds. The molecule has 24 heavy (non-hydrogen) atoms. The monoisotopic (exact) mass is 332 g/mol. The number of hydrogen-bond donors (Lipinski definition) is 3. The minimum atomic E-state index is -0.516. The Balaban J connectivity index is 1.88. The first-order valence-corrected chi connectivity index (χ1v) is 8.58. The fraction of sp³-hybridized carbons (Fsp3) is 0.556. The minimum Gasteiger partial charge on any atom is -0.341 e. The van der Waals surface area contributed by atoms with Crippen molar-refractivity contribution in [1.82, 2.24) is 15.5 Å². The van der Waals surface area contributed by atoms with Gasteiger partial charge in [0, 0.05) is 19.6 Å². The lowest BCUT2D eigenvalue weighted by molar-refractivity contribution is -0.133. The van der Waals surface area contributed by atoms with Gasteiger partial charge in [-0.1, -0.05) is 44.2 Å². The maximum atomic E-state index is 12.7. The highest BCUT2D eigenvalue weighted by atomic mass is 16.2. The smallest absolute Gasteiger partial charge is 0.315 e. The molecule has 1 saturated heterocycles. The molecule has 1 aromatic rings. The molecular formula is C18H28N4O2. The van der Waals surface area contributed by atoms with E-state index in [9.17, 15) is 9.59 Å². The van der Waals surface area contributed by atoms with Crippen molar-refractivity contribution in [3.05, 3.63) is 35.9 Å². The molecule has 6 nitrogen and oxygen atoms in total. The van der Waals surface area contributed by atoms with Crippen LogP contribution in [0, 0.1) is 11.8 Å². The number of carbonyl (C=O) groups excluding carboxylic acids is 2. The Morgan fingerprint density at radius 2 is 2.00 bits per heavy atom. The van der Waals surface area contributed by atoms with Crippen LogP contribution in [-0.2, 0) is 11.3 Å². The van der Waals surface area contributed by atoms with Crippen molar-refractivity contribution in [3.8, 4) is 0 Å². The van der Waals surface area contributed by atoms with E-state index in [2.05, 4.69) is 10.6 Å². The van der Waals surface area contributed by atoms with E-state index in [1.54, 1.807) is 0 Å². The van der Waals surface area contributed by atoms with Crippen molar-refractivity contribution in [2.45, 2.75) is 32.9 Å². The fourth-order valence-corrected chi connectivity index (χ4v) is 2.91. The van der Waals surface area contributed by atoms with E-state index in [-0.39, 0.29) is 17.9 Å². The summed E-state index contributed by atoms with van der Waals surface area (Å²) in [5.41, 5.74) is 6.71. The molecule has 0 bridgehead atoms. The van der Waals surface area contributed by atoms with E-state index < -0.39 is 6.04 Å². The number of urea groups is 1. The van der Waals surface area contributed by atoms with Crippen molar-refractivity contribution in [2.75, 3.05) is 19.6 Å². The molecule has 1 aliphatic heterocycles. The maximum absolute atomic E-state index is 12.7. The zero-order chi connectivity index (χ0) is 17.5. The number of rotatable bonds is 6. The second-order valence-electron chi connectivity index (χ2n) is 6.71. The molecule has 0 aliphatic carbocycles. The van der Waals surface area contributed by atoms with Crippen molar-refractivity contribution in [2.24, 2.45) is 17.6 Å². The Bertz CT molecular complexity index is 547. The highest BCUT2D eigenvalue weighted by Gasteiger charge is 2.32. The van der Waals surface area contributed by atoms with Crippen LogP contribution in [0.5, 0.6) is 0 Å². The lowest BCUT2D eigenvalue weighted by Gasteiger charge is -2.27. The molecule has 4 N–H and O–H groups in total. The van der Waals surface area contributed by atoms with Crippen molar-refractivity contribution in [1.29, 1.82) is 0 Å². The summed E-state index contributed by atoms with van der Waals surface area (Å²) in [5.74, 6) is 0.376. The second kappa shape index (κ2) is 8.68. The van der Waals surface area contributed by atoms with Crippen LogP contribution >= 0.6 is 0 Å². The second-order valence-corrected chi connectivity index (χ2v) is 6.71. The van der Waals surface area contributed by atoms with Crippen LogP contribution in [0.15, 0.2) is 30.3 Å². The number of likely N-dealkylation sites (tertiary alicyclic amines) is 1. The number of nitrogens with one attached hydrogen (secondary N) is 2. The number of nitrogens with two attached hydrogens (primary N) is 1. The molecule has 1 heterocycles. The summed E-state index contributed by atoms with van der Waals surface area (Å²) in [6.07, 6.45) is 0.938. The molecule has 2 atom stereocenters. The average molecular weight is 332 g/mol. The van der Waals surface area contributed by atoms with Crippen LogP contribution in [0.1, 0.15) is 25.8 Å². The predicted molar refractivity (Wildman–Crippen MR) is 94.2 cm³/mol. The molecule has 6 heteroatoms. The Hall–Kier alpha value is -2.08. The standard InChI is InChI=1S/C18H28N4O2/c1-13(2)16(17(23)22-9-8-15(10-19)12-22)21-18(24)20-11-14-6-4-3-5-7-14/h3-7,13,15-16H,8-12,19H2,1-2H3,(H2,20,21,24). The summed E-state index contributed by atoms with van der Waals surface area (Å²) < 4.78 is 0. The van der Waals surface area contributed by atoms with Gasteiger partial charge < -0.3 is 21.3 Å². The van der Waals surface area contributed by atoms with E-state index in [0.717, 1.165) is 18.5 Å². The number of amides is 3. The zero-order valence-corrected chi connectivity index (χ0v) is 14.5. The fourth-order valence-electron chi connectivity index (χ4n) is 2.91. The van der Waals surface area contributed by atoms with E-state index >= 15 is 0 Å². The first-order chi connectivity index (χ1) is 11.5. The normalized spacial score (nSPS) is 18.5. The van der Waals surface area contributed by atoms with Crippen LogP contribution < -0.4 is 16.4 Å². The third-order valence-corrected chi connectivity index (χ3v) is 4.45. The summed E-state index contributed by atoms with van der Waals surface area (Å²) in [6.45, 7) is 6.32. The van der Waals surface area contributed by atoms with Crippen LogP contribution in [0.4, 0.5) is 4.79 Å². The number of benzene rings is 1. The van der Waals surface area contributed by atoms with E-state index in [1.807, 2.05) is 49.1 Å². The Labute approximate surface area is 143 Å². The van der Waals surface area contributed by atoms with Crippen molar-refractivity contribution >= 4 is 11.9 Å². The summed E-state index contributed by atoms with van der Waals surface area (Å²) in [6, 6.07) is 8.85. The number of carbonyl (C=O) groups is 2. The van der Waals surface area contributed by atoms with Crippen LogP contribution in [0.2, 0.25) is 0 Å². The van der Waals surface area contributed by atoms with Gasteiger partial charge in [0.05, 0.1) is 0 Å². The van der Waals surface area contributed by atoms with Crippen LogP contribution in [0.25, 0.3) is 0 Å². The van der Waals surface area contributed by atoms with Gasteiger partial charge in [0.15, 0.2) is 0 Å². The van der Waals surface area contributed by atoms with E-state index in [1.165, 1.54) is 0 Å². The SMILES string of the molecule is CC(C)C(NC(=O)NCc1ccccc1)C(=O)N1CCC(CN)C1. The molecule has 1 aliphatic rings. The first kappa shape index (κ1) is 18.3. The maximum Gasteiger partial charge on any atom is 0.315 e. The highest BCUT2D eigenvalue weighted by Crippen LogP contribution is 2.17. The molecule has 2 unspecified atom stereocenters. The van der Waals surface area contributed by atoms with Gasteiger partial charge in [-0.3, -0.25) is 4.79 Å². The summed E-state index contributed by atoms with van der Waals surface area (Å²) in [4.78, 5) is 26.7. The van der Waals surface area contributed by atoms with Gasteiger partial charge in [0.2, 0.25) is 5.91 Å². The van der Waals surface area contributed by atoms with Crippen molar-refractivity contribution < 1.29 is 9.59 Å². The summed E-state index contributed by atoms with van der Waals surface area (Å²) >= 11 is 0. The molecule has 0 aromatic heterocycles. The summed E-state index contributed by atoms with van der Waals surface area (Å²) in [7, 11) is 0. The van der Waals surface area contributed by atoms with Gasteiger partial charge in [-0.15, -0.1) is 0 Å². The summed E-state index contributed by atoms with van der Waals surface area (Å²) in [5, 5.41) is 5.63. The quantitative estimate of drug-likeness (QED) is 0.734. The van der Waals surface area contributed by atoms with Gasteiger partial charge >= 0.3 is 6.03 Å². The molecule has 0 saturated carbocycles. The largest absolute Gasteiger partial charge is 0.341 e. The van der Waals surface area contributed by atoms with E-state index in [0.29, 0.717) is 25.6 Å². The lowest BCUT2D eigenvalue weighted by Crippen LogP contribution is -2.53. The third kappa shape index (κ3) is 4.96. The highest BCUT2D eigenvalue weighted by molar-refractivity contribution is 5.87. The molecule has 1 fully saturated rings. The molecule has 2 rings (SSSR count).